The minimum Gasteiger partial charge on any atom is -0.306 e. The lowest BCUT2D eigenvalue weighted by Crippen LogP contribution is -2.23. The van der Waals surface area contributed by atoms with Crippen molar-refractivity contribution in [2.75, 3.05) is 6.54 Å². The Bertz CT molecular complexity index is 613. The first-order valence-corrected chi connectivity index (χ1v) is 6.85. The predicted molar refractivity (Wildman–Crippen MR) is 78.1 cm³/mol. The Morgan fingerprint density at radius 2 is 1.90 bits per heavy atom. The van der Waals surface area contributed by atoms with Gasteiger partial charge in [0.05, 0.1) is 11.1 Å². The van der Waals surface area contributed by atoms with Crippen LogP contribution in [0.5, 0.6) is 0 Å². The second-order valence-corrected chi connectivity index (χ2v) is 5.10. The van der Waals surface area contributed by atoms with Gasteiger partial charge in [0.25, 0.3) is 0 Å². The molecule has 2 aromatic carbocycles. The molecule has 0 amide bonds. The van der Waals surface area contributed by atoms with Crippen molar-refractivity contribution in [1.82, 2.24) is 5.32 Å². The molecule has 0 radical (unpaired) electrons. The lowest BCUT2D eigenvalue weighted by atomic mass is 9.96. The molecular weight excluding hydrogens is 280 g/mol. The highest BCUT2D eigenvalue weighted by Crippen LogP contribution is 2.28. The molecule has 1 N–H and O–H groups in total. The van der Waals surface area contributed by atoms with E-state index in [1.807, 2.05) is 38.1 Å². The Kier molecular flexibility index (Phi) is 4.73. The van der Waals surface area contributed by atoms with Crippen molar-refractivity contribution in [2.24, 2.45) is 0 Å². The highest BCUT2D eigenvalue weighted by atomic mass is 35.5. The molecule has 1 unspecified atom stereocenters. The Morgan fingerprint density at radius 3 is 2.55 bits per heavy atom. The molecule has 2 aromatic rings. The Hall–Kier alpha value is -1.45. The van der Waals surface area contributed by atoms with Gasteiger partial charge >= 0.3 is 0 Å². The summed E-state index contributed by atoms with van der Waals surface area (Å²) in [6, 6.07) is 9.50. The first kappa shape index (κ1) is 14.9. The van der Waals surface area contributed by atoms with Crippen LogP contribution in [0.15, 0.2) is 36.4 Å². The van der Waals surface area contributed by atoms with Crippen molar-refractivity contribution in [1.29, 1.82) is 0 Å². The summed E-state index contributed by atoms with van der Waals surface area (Å²) >= 11 is 5.60. The van der Waals surface area contributed by atoms with Gasteiger partial charge in [0.1, 0.15) is 11.6 Å². The Labute approximate surface area is 122 Å². The van der Waals surface area contributed by atoms with Gasteiger partial charge in [0.15, 0.2) is 0 Å². The van der Waals surface area contributed by atoms with Gasteiger partial charge in [-0.1, -0.05) is 48.4 Å². The fourth-order valence-corrected chi connectivity index (χ4v) is 2.37. The number of hydrogen-bond acceptors (Lipinski definition) is 1. The van der Waals surface area contributed by atoms with Gasteiger partial charge in [-0.25, -0.2) is 8.78 Å². The molecule has 4 heteroatoms. The van der Waals surface area contributed by atoms with Crippen molar-refractivity contribution in [2.45, 2.75) is 19.9 Å². The number of hydrogen-bond donors (Lipinski definition) is 1. The van der Waals surface area contributed by atoms with Gasteiger partial charge in [-0.2, -0.15) is 0 Å². The molecule has 0 saturated heterocycles. The highest BCUT2D eigenvalue weighted by Gasteiger charge is 2.19. The number of halogens is 3. The van der Waals surface area contributed by atoms with E-state index in [1.165, 1.54) is 0 Å². The molecule has 0 bridgehead atoms. The molecule has 1 atom stereocenters. The summed E-state index contributed by atoms with van der Waals surface area (Å²) in [7, 11) is 0. The molecular formula is C16H16ClF2N. The zero-order chi connectivity index (χ0) is 14.7. The minimum absolute atomic E-state index is 0.203. The van der Waals surface area contributed by atoms with Crippen LogP contribution in [0.4, 0.5) is 8.78 Å². The molecule has 0 heterocycles. The van der Waals surface area contributed by atoms with E-state index in [0.717, 1.165) is 23.3 Å². The fourth-order valence-electron chi connectivity index (χ4n) is 2.22. The van der Waals surface area contributed by atoms with Gasteiger partial charge in [-0.3, -0.25) is 0 Å². The van der Waals surface area contributed by atoms with Gasteiger partial charge in [-0.05, 0) is 31.2 Å². The van der Waals surface area contributed by atoms with E-state index in [0.29, 0.717) is 6.54 Å². The topological polar surface area (TPSA) is 12.0 Å². The van der Waals surface area contributed by atoms with Gasteiger partial charge in [0, 0.05) is 5.56 Å². The van der Waals surface area contributed by atoms with Crippen LogP contribution in [0.3, 0.4) is 0 Å². The Morgan fingerprint density at radius 1 is 1.15 bits per heavy atom. The third kappa shape index (κ3) is 3.17. The maximum absolute atomic E-state index is 14.1. The van der Waals surface area contributed by atoms with E-state index >= 15 is 0 Å². The molecule has 0 aliphatic rings. The van der Waals surface area contributed by atoms with Crippen LogP contribution >= 0.6 is 11.6 Å². The number of rotatable bonds is 4. The van der Waals surface area contributed by atoms with Crippen LogP contribution in [0.1, 0.15) is 29.7 Å². The summed E-state index contributed by atoms with van der Waals surface area (Å²) in [6.45, 7) is 4.53. The van der Waals surface area contributed by atoms with E-state index in [-0.39, 0.29) is 10.6 Å². The molecule has 20 heavy (non-hydrogen) atoms. The molecule has 0 spiro atoms. The molecule has 0 fully saturated rings. The molecule has 1 nitrogen and oxygen atoms in total. The summed E-state index contributed by atoms with van der Waals surface area (Å²) in [6.07, 6.45) is 0. The van der Waals surface area contributed by atoms with Crippen LogP contribution in [0.25, 0.3) is 0 Å². The van der Waals surface area contributed by atoms with Crippen LogP contribution in [-0.2, 0) is 0 Å². The second kappa shape index (κ2) is 6.33. The second-order valence-electron chi connectivity index (χ2n) is 4.69. The summed E-state index contributed by atoms with van der Waals surface area (Å²) in [5.74, 6) is -1.12. The summed E-state index contributed by atoms with van der Waals surface area (Å²) in [5, 5.41) is 2.98. The average molecular weight is 296 g/mol. The normalized spacial score (nSPS) is 12.4. The van der Waals surface area contributed by atoms with Crippen LogP contribution in [-0.4, -0.2) is 6.54 Å². The molecule has 106 valence electrons. The van der Waals surface area contributed by atoms with E-state index in [4.69, 9.17) is 11.6 Å². The van der Waals surface area contributed by atoms with Gasteiger partial charge in [-0.15, -0.1) is 0 Å². The van der Waals surface area contributed by atoms with E-state index in [1.54, 1.807) is 0 Å². The van der Waals surface area contributed by atoms with Crippen LogP contribution in [0, 0.1) is 18.6 Å². The van der Waals surface area contributed by atoms with Gasteiger partial charge < -0.3 is 5.32 Å². The fraction of sp³-hybridized carbons (Fsp3) is 0.250. The summed E-state index contributed by atoms with van der Waals surface area (Å²) < 4.78 is 27.7. The lowest BCUT2D eigenvalue weighted by molar-refractivity contribution is 0.545. The van der Waals surface area contributed by atoms with E-state index in [2.05, 4.69) is 5.32 Å². The highest BCUT2D eigenvalue weighted by molar-refractivity contribution is 6.30. The monoisotopic (exact) mass is 295 g/mol. The van der Waals surface area contributed by atoms with Crippen molar-refractivity contribution in [3.05, 3.63) is 69.7 Å². The number of nitrogens with one attached hydrogen (secondary N) is 1. The minimum atomic E-state index is -0.612. The van der Waals surface area contributed by atoms with Gasteiger partial charge in [0.2, 0.25) is 0 Å². The largest absolute Gasteiger partial charge is 0.306 e. The van der Waals surface area contributed by atoms with Crippen LogP contribution < -0.4 is 5.32 Å². The van der Waals surface area contributed by atoms with E-state index in [9.17, 15) is 8.78 Å². The first-order valence-electron chi connectivity index (χ1n) is 6.47. The third-order valence-corrected chi connectivity index (χ3v) is 3.42. The van der Waals surface area contributed by atoms with Crippen molar-refractivity contribution < 1.29 is 8.78 Å². The maximum atomic E-state index is 14.1. The Balaban J connectivity index is 2.51. The average Bonchev–Trinajstić information content (AvgIpc) is 2.40. The molecule has 0 aliphatic heterocycles. The maximum Gasteiger partial charge on any atom is 0.142 e. The lowest BCUT2D eigenvalue weighted by Gasteiger charge is -2.20. The van der Waals surface area contributed by atoms with Crippen molar-refractivity contribution in [3.8, 4) is 0 Å². The zero-order valence-electron chi connectivity index (χ0n) is 11.4. The van der Waals surface area contributed by atoms with Crippen molar-refractivity contribution >= 4 is 11.6 Å². The summed E-state index contributed by atoms with van der Waals surface area (Å²) in [4.78, 5) is 0. The van der Waals surface area contributed by atoms with Crippen molar-refractivity contribution in [3.63, 3.8) is 0 Å². The molecule has 0 saturated carbocycles. The van der Waals surface area contributed by atoms with E-state index < -0.39 is 17.7 Å². The first-order chi connectivity index (χ1) is 9.52. The summed E-state index contributed by atoms with van der Waals surface area (Å²) in [5.41, 5.74) is 2.23. The number of aryl methyl sites for hydroxylation is 1. The standard InChI is InChI=1S/C16H16ClF2N/c1-3-20-16(11-6-4-5-10(2)7-11)12-8-15(19)13(17)9-14(12)18/h4-9,16,20H,3H2,1-2H3. The third-order valence-electron chi connectivity index (χ3n) is 3.13. The molecule has 0 aromatic heterocycles. The molecule has 2 rings (SSSR count). The molecule has 0 aliphatic carbocycles. The predicted octanol–water partition coefficient (Wildman–Crippen LogP) is 4.63. The zero-order valence-corrected chi connectivity index (χ0v) is 12.1. The number of benzene rings is 2. The quantitative estimate of drug-likeness (QED) is 0.811. The van der Waals surface area contributed by atoms with Crippen LogP contribution in [0.2, 0.25) is 5.02 Å². The SMILES string of the molecule is CCNC(c1cccc(C)c1)c1cc(F)c(Cl)cc1F. The smallest absolute Gasteiger partial charge is 0.142 e.